The van der Waals surface area contributed by atoms with Crippen LogP contribution < -0.4 is 15.8 Å². The highest BCUT2D eigenvalue weighted by molar-refractivity contribution is 6.04. The molecule has 3 heterocycles. The van der Waals surface area contributed by atoms with Gasteiger partial charge >= 0.3 is 0 Å². The van der Waals surface area contributed by atoms with Crippen molar-refractivity contribution in [1.82, 2.24) is 14.6 Å². The summed E-state index contributed by atoms with van der Waals surface area (Å²) in [5.74, 6) is -0.807. The van der Waals surface area contributed by atoms with Crippen molar-refractivity contribution in [3.8, 4) is 0 Å². The van der Waals surface area contributed by atoms with Crippen LogP contribution in [0, 0.1) is 0 Å². The first kappa shape index (κ1) is 22.2. The van der Waals surface area contributed by atoms with Crippen LogP contribution in [0.1, 0.15) is 32.0 Å². The van der Waals surface area contributed by atoms with E-state index in [0.717, 1.165) is 17.5 Å². The average molecular weight is 447 g/mol. The zero-order chi connectivity index (χ0) is 23.4. The summed E-state index contributed by atoms with van der Waals surface area (Å²) in [5.41, 5.74) is 2.47. The number of methoxy groups -OCH3 is 1. The smallest absolute Gasteiger partial charge is 0.274 e. The number of aromatic nitrogens is 2. The Morgan fingerprint density at radius 3 is 2.48 bits per heavy atom. The highest BCUT2D eigenvalue weighted by Crippen LogP contribution is 2.16. The van der Waals surface area contributed by atoms with Crippen LogP contribution in [0.4, 0.5) is 5.69 Å². The maximum absolute atomic E-state index is 12.8. The zero-order valence-electron chi connectivity index (χ0n) is 18.5. The van der Waals surface area contributed by atoms with Gasteiger partial charge in [-0.2, -0.15) is 0 Å². The Balaban J connectivity index is 1.49. The van der Waals surface area contributed by atoms with Crippen molar-refractivity contribution in [3.63, 3.8) is 0 Å². The van der Waals surface area contributed by atoms with Crippen LogP contribution in [-0.4, -0.2) is 60.4 Å². The Labute approximate surface area is 191 Å². The van der Waals surface area contributed by atoms with E-state index in [1.807, 2.05) is 24.3 Å². The Bertz CT molecular complexity index is 1210. The number of rotatable bonds is 7. The molecule has 9 heteroatoms. The van der Waals surface area contributed by atoms with Crippen molar-refractivity contribution >= 4 is 17.5 Å². The number of carbonyl (C=O) groups is 2. The molecule has 0 aliphatic carbocycles. The molecular weight excluding hydrogens is 422 g/mol. The minimum Gasteiger partial charge on any atom is -0.383 e. The van der Waals surface area contributed by atoms with Crippen LogP contribution in [-0.2, 0) is 11.2 Å². The predicted molar refractivity (Wildman–Crippen MR) is 124 cm³/mol. The summed E-state index contributed by atoms with van der Waals surface area (Å²) in [7, 11) is 3.35. The van der Waals surface area contributed by atoms with Gasteiger partial charge < -0.3 is 15.0 Å². The molecule has 0 radical (unpaired) electrons. The van der Waals surface area contributed by atoms with Gasteiger partial charge in [0.2, 0.25) is 0 Å². The van der Waals surface area contributed by atoms with Gasteiger partial charge in [-0.05, 0) is 41.8 Å². The molecule has 3 aromatic rings. The number of benzene rings is 1. The lowest BCUT2D eigenvalue weighted by Gasteiger charge is -2.37. The fourth-order valence-electron chi connectivity index (χ4n) is 3.69. The van der Waals surface area contributed by atoms with E-state index >= 15 is 0 Å². The Morgan fingerprint density at radius 2 is 1.79 bits per heavy atom. The number of ether oxygens (including phenoxy) is 1. The number of amides is 2. The Morgan fingerprint density at radius 1 is 1.09 bits per heavy atom. The molecule has 0 atom stereocenters. The quantitative estimate of drug-likeness (QED) is 0.592. The van der Waals surface area contributed by atoms with Gasteiger partial charge in [-0.3, -0.25) is 29.1 Å². The second-order valence-electron chi connectivity index (χ2n) is 7.82. The van der Waals surface area contributed by atoms with Gasteiger partial charge in [0.1, 0.15) is 17.9 Å². The minimum atomic E-state index is -0.528. The lowest BCUT2D eigenvalue weighted by atomic mass is 10.1. The van der Waals surface area contributed by atoms with Crippen molar-refractivity contribution < 1.29 is 14.3 Å². The van der Waals surface area contributed by atoms with Crippen LogP contribution in [0.25, 0.3) is 0 Å². The molecule has 1 N–H and O–H groups in total. The summed E-state index contributed by atoms with van der Waals surface area (Å²) in [4.78, 5) is 43.8. The summed E-state index contributed by atoms with van der Waals surface area (Å²) in [6.45, 7) is 1.12. The third-order valence-corrected chi connectivity index (χ3v) is 5.46. The largest absolute Gasteiger partial charge is 0.383 e. The first-order valence-electron chi connectivity index (χ1n) is 10.5. The molecule has 1 aliphatic heterocycles. The maximum Gasteiger partial charge on any atom is 0.274 e. The van der Waals surface area contributed by atoms with Gasteiger partial charge in [0.15, 0.2) is 5.43 Å². The number of carbonyl (C=O) groups excluding carboxylic acids is 2. The van der Waals surface area contributed by atoms with E-state index in [1.54, 1.807) is 53.3 Å². The first-order chi connectivity index (χ1) is 16.0. The molecular formula is C24H25N5O4. The molecule has 1 aromatic carbocycles. The van der Waals surface area contributed by atoms with Crippen molar-refractivity contribution in [2.75, 3.05) is 44.3 Å². The van der Waals surface area contributed by atoms with Crippen molar-refractivity contribution in [2.45, 2.75) is 6.42 Å². The van der Waals surface area contributed by atoms with Gasteiger partial charge in [0, 0.05) is 51.0 Å². The normalized spacial score (nSPS) is 13.1. The molecule has 1 aliphatic rings. The molecule has 2 aromatic heterocycles. The van der Waals surface area contributed by atoms with Gasteiger partial charge in [0.25, 0.3) is 11.8 Å². The van der Waals surface area contributed by atoms with Crippen LogP contribution in [0.5, 0.6) is 0 Å². The molecule has 0 saturated carbocycles. The van der Waals surface area contributed by atoms with Gasteiger partial charge in [-0.25, -0.2) is 0 Å². The average Bonchev–Trinajstić information content (AvgIpc) is 2.82. The second kappa shape index (κ2) is 9.66. The third kappa shape index (κ3) is 4.93. The van der Waals surface area contributed by atoms with E-state index in [9.17, 15) is 14.4 Å². The van der Waals surface area contributed by atoms with Gasteiger partial charge in [-0.1, -0.05) is 12.1 Å². The van der Waals surface area contributed by atoms with Crippen LogP contribution >= 0.6 is 0 Å². The van der Waals surface area contributed by atoms with E-state index < -0.39 is 11.3 Å². The Kier molecular flexibility index (Phi) is 6.50. The fraction of sp³-hybridized carbons (Fsp3) is 0.250. The van der Waals surface area contributed by atoms with Crippen LogP contribution in [0.2, 0.25) is 0 Å². The summed E-state index contributed by atoms with van der Waals surface area (Å²) in [6, 6.07) is 12.6. The molecule has 0 fully saturated rings. The number of nitrogens with zero attached hydrogens (tertiary/aromatic N) is 4. The molecule has 0 unspecified atom stereocenters. The number of pyridine rings is 2. The third-order valence-electron chi connectivity index (χ3n) is 5.46. The monoisotopic (exact) mass is 447 g/mol. The number of hydrogen-bond acceptors (Lipinski definition) is 6. The van der Waals surface area contributed by atoms with E-state index in [0.29, 0.717) is 25.5 Å². The molecule has 4 rings (SSSR count). The molecule has 170 valence electrons. The minimum absolute atomic E-state index is 0.0374. The SMILES string of the molecule is COCCN1CN(C)n2cc(C(=O)Nc3ccc(Cc4ccncc4)cc3)c(=O)cc2C1=O. The van der Waals surface area contributed by atoms with Crippen LogP contribution in [0.15, 0.2) is 65.8 Å². The zero-order valence-corrected chi connectivity index (χ0v) is 18.5. The molecule has 9 nitrogen and oxygen atoms in total. The van der Waals surface area contributed by atoms with Gasteiger partial charge in [-0.15, -0.1) is 0 Å². The maximum atomic E-state index is 12.8. The molecule has 2 amide bonds. The van der Waals surface area contributed by atoms with E-state index in [2.05, 4.69) is 10.3 Å². The van der Waals surface area contributed by atoms with Gasteiger partial charge in [0.05, 0.1) is 6.61 Å². The summed E-state index contributed by atoms with van der Waals surface area (Å²) in [5, 5.41) is 4.53. The highest BCUT2D eigenvalue weighted by atomic mass is 16.5. The second-order valence-corrected chi connectivity index (χ2v) is 7.82. The van der Waals surface area contributed by atoms with Crippen molar-refractivity contribution in [1.29, 1.82) is 0 Å². The first-order valence-corrected chi connectivity index (χ1v) is 10.5. The molecule has 0 bridgehead atoms. The van der Waals surface area contributed by atoms with Crippen molar-refractivity contribution in [3.05, 3.63) is 93.7 Å². The number of anilines is 1. The Hall–Kier alpha value is -3.98. The lowest BCUT2D eigenvalue weighted by molar-refractivity contribution is 0.0634. The standard InChI is InChI=1S/C24H25N5O4/c1-27-16-28(11-12-33-2)24(32)21-14-22(30)20(15-29(21)27)23(31)26-19-5-3-17(4-6-19)13-18-7-9-25-10-8-18/h3-10,14-15H,11-13,16H2,1-2H3,(H,26,31). The van der Waals surface area contributed by atoms with Crippen LogP contribution in [0.3, 0.4) is 0 Å². The lowest BCUT2D eigenvalue weighted by Crippen LogP contribution is -2.53. The highest BCUT2D eigenvalue weighted by Gasteiger charge is 2.28. The molecule has 33 heavy (non-hydrogen) atoms. The summed E-state index contributed by atoms with van der Waals surface area (Å²) < 4.78 is 6.59. The van der Waals surface area contributed by atoms with Crippen molar-refractivity contribution in [2.24, 2.45) is 0 Å². The number of hydrogen-bond donors (Lipinski definition) is 1. The summed E-state index contributed by atoms with van der Waals surface area (Å²) in [6.07, 6.45) is 5.67. The van der Waals surface area contributed by atoms with E-state index in [-0.39, 0.29) is 17.2 Å². The molecule has 0 saturated heterocycles. The number of fused-ring (bicyclic) bond motifs is 1. The summed E-state index contributed by atoms with van der Waals surface area (Å²) >= 11 is 0. The van der Waals surface area contributed by atoms with E-state index in [4.69, 9.17) is 4.74 Å². The predicted octanol–water partition coefficient (Wildman–Crippen LogP) is 1.71. The fourth-order valence-corrected chi connectivity index (χ4v) is 3.69. The topological polar surface area (TPSA) is 96.8 Å². The van der Waals surface area contributed by atoms with E-state index in [1.165, 1.54) is 12.3 Å². The number of nitrogens with one attached hydrogen (secondary N) is 1. The molecule has 0 spiro atoms.